The largest absolute Gasteiger partial charge is 0.457 e. The first kappa shape index (κ1) is 23.1. The number of halogens is 2. The van der Waals surface area contributed by atoms with Gasteiger partial charge in [-0.05, 0) is 56.0 Å². The molecule has 1 amide bonds. The topological polar surface area (TPSA) is 59.2 Å². The molecule has 3 rings (SSSR count). The average molecular weight is 439 g/mol. The number of rotatable bonds is 7. The van der Waals surface area contributed by atoms with Crippen LogP contribution >= 0.6 is 0 Å². The van der Waals surface area contributed by atoms with Crippen LogP contribution in [0.3, 0.4) is 0 Å². The van der Waals surface area contributed by atoms with Gasteiger partial charge >= 0.3 is 5.91 Å². The molecule has 2 aromatic carbocycles. The molecule has 166 valence electrons. The van der Waals surface area contributed by atoms with E-state index < -0.39 is 27.4 Å². The van der Waals surface area contributed by atoms with Gasteiger partial charge in [0.25, 0.3) is 11.5 Å². The molecule has 3 aromatic rings. The second-order valence-electron chi connectivity index (χ2n) is 7.92. The number of H-pyrrole nitrogens is 1. The third-order valence-electron chi connectivity index (χ3n) is 5.18. The molecule has 7 heteroatoms. The molecule has 1 unspecified atom stereocenters. The van der Waals surface area contributed by atoms with Crippen LogP contribution in [-0.4, -0.2) is 22.4 Å². The van der Waals surface area contributed by atoms with Gasteiger partial charge < -0.3 is 9.72 Å². The number of nitrogens with zero attached hydrogens (tertiary/aromatic N) is 1. The minimum absolute atomic E-state index is 0.150. The summed E-state index contributed by atoms with van der Waals surface area (Å²) in [5.41, 5.74) is -0.538. The molecule has 1 heterocycles. The quantitative estimate of drug-likeness (QED) is 0.493. The molecule has 0 fully saturated rings. The van der Waals surface area contributed by atoms with Crippen molar-refractivity contribution in [3.63, 3.8) is 0 Å². The van der Waals surface area contributed by atoms with E-state index in [2.05, 4.69) is 11.6 Å². The number of pyridine rings is 1. The molecule has 0 aliphatic carbocycles. The van der Waals surface area contributed by atoms with Crippen LogP contribution in [0.5, 0.6) is 11.5 Å². The Morgan fingerprint density at radius 3 is 2.28 bits per heavy atom. The number of hydrogen-bond donors (Lipinski definition) is 1. The molecule has 0 radical (unpaired) electrons. The van der Waals surface area contributed by atoms with Crippen LogP contribution in [0, 0.1) is 6.92 Å². The van der Waals surface area contributed by atoms with Crippen molar-refractivity contribution < 1.29 is 22.8 Å². The van der Waals surface area contributed by atoms with Crippen molar-refractivity contribution in [2.75, 3.05) is 7.05 Å². The summed E-state index contributed by atoms with van der Waals surface area (Å²) in [5, 5.41) is 0. The number of aromatic nitrogens is 1. The molecule has 0 aliphatic heterocycles. The number of aryl methyl sites for hydroxylation is 1. The molecule has 1 aromatic heterocycles. The van der Waals surface area contributed by atoms with E-state index in [4.69, 9.17) is 4.74 Å². The Kier molecular flexibility index (Phi) is 6.41. The van der Waals surface area contributed by atoms with Crippen LogP contribution in [0.4, 0.5) is 8.78 Å². The Bertz CT molecular complexity index is 1180. The first-order chi connectivity index (χ1) is 15.0. The zero-order valence-electron chi connectivity index (χ0n) is 18.2. The first-order valence-corrected chi connectivity index (χ1v) is 10.0. The van der Waals surface area contributed by atoms with E-state index in [0.717, 1.165) is 6.92 Å². The highest BCUT2D eigenvalue weighted by molar-refractivity contribution is 5.89. The first-order valence-electron chi connectivity index (χ1n) is 10.0. The lowest BCUT2D eigenvalue weighted by atomic mass is 10.0. The lowest BCUT2D eigenvalue weighted by molar-refractivity contribution is -0.789. The van der Waals surface area contributed by atoms with Crippen molar-refractivity contribution in [3.05, 3.63) is 106 Å². The van der Waals surface area contributed by atoms with Crippen LogP contribution in [-0.2, 0) is 12.5 Å². The lowest BCUT2D eigenvalue weighted by Crippen LogP contribution is -2.45. The van der Waals surface area contributed by atoms with Crippen LogP contribution in [0.25, 0.3) is 0 Å². The Balaban J connectivity index is 1.90. The fourth-order valence-corrected chi connectivity index (χ4v) is 3.40. The maximum absolute atomic E-state index is 14.2. The summed E-state index contributed by atoms with van der Waals surface area (Å²) in [6.45, 7) is 5.72. The van der Waals surface area contributed by atoms with Gasteiger partial charge in [-0.2, -0.15) is 0 Å². The SMILES string of the molecule is C=C[N+](C)(Cc1c(C(C)(F)F)cc(C)[nH]c1=O)C(=O)c1ccc(Oc2ccccc2)cc1. The maximum atomic E-state index is 14.2. The summed E-state index contributed by atoms with van der Waals surface area (Å²) < 4.78 is 33.7. The van der Waals surface area contributed by atoms with Crippen LogP contribution in [0.15, 0.2) is 78.2 Å². The Morgan fingerprint density at radius 2 is 1.72 bits per heavy atom. The van der Waals surface area contributed by atoms with Gasteiger partial charge in [-0.1, -0.05) is 18.2 Å². The second-order valence-corrected chi connectivity index (χ2v) is 7.92. The highest BCUT2D eigenvalue weighted by Crippen LogP contribution is 2.31. The van der Waals surface area contributed by atoms with Crippen molar-refractivity contribution in [3.8, 4) is 11.5 Å². The Morgan fingerprint density at radius 1 is 1.12 bits per heavy atom. The molecule has 0 bridgehead atoms. The van der Waals surface area contributed by atoms with E-state index in [1.165, 1.54) is 26.2 Å². The number of ether oxygens (including phenoxy) is 1. The Labute approximate surface area is 185 Å². The van der Waals surface area contributed by atoms with E-state index >= 15 is 0 Å². The molecule has 0 saturated heterocycles. The predicted molar refractivity (Wildman–Crippen MR) is 119 cm³/mol. The van der Waals surface area contributed by atoms with E-state index in [9.17, 15) is 18.4 Å². The van der Waals surface area contributed by atoms with Crippen molar-refractivity contribution in [1.29, 1.82) is 0 Å². The fraction of sp³-hybridized carbons (Fsp3) is 0.200. The van der Waals surface area contributed by atoms with Crippen LogP contribution < -0.4 is 10.3 Å². The van der Waals surface area contributed by atoms with Gasteiger partial charge in [-0.15, -0.1) is 0 Å². The minimum Gasteiger partial charge on any atom is -0.457 e. The molecular formula is C25H25F2N2O3+. The number of hydrogen-bond acceptors (Lipinski definition) is 3. The third-order valence-corrected chi connectivity index (χ3v) is 5.18. The smallest absolute Gasteiger partial charge is 0.350 e. The molecule has 0 saturated carbocycles. The number of nitrogens with one attached hydrogen (secondary N) is 1. The van der Waals surface area contributed by atoms with Gasteiger partial charge in [0.05, 0.1) is 24.4 Å². The molecule has 32 heavy (non-hydrogen) atoms. The van der Waals surface area contributed by atoms with E-state index in [1.54, 1.807) is 24.3 Å². The van der Waals surface area contributed by atoms with Crippen molar-refractivity contribution >= 4 is 5.91 Å². The monoisotopic (exact) mass is 439 g/mol. The number of benzene rings is 2. The van der Waals surface area contributed by atoms with E-state index in [1.807, 2.05) is 30.3 Å². The lowest BCUT2D eigenvalue weighted by Gasteiger charge is -2.28. The van der Waals surface area contributed by atoms with Gasteiger partial charge in [-0.25, -0.2) is 18.1 Å². The maximum Gasteiger partial charge on any atom is 0.350 e. The van der Waals surface area contributed by atoms with Crippen LogP contribution in [0.2, 0.25) is 0 Å². The second kappa shape index (κ2) is 8.88. The zero-order chi connectivity index (χ0) is 23.5. The summed E-state index contributed by atoms with van der Waals surface area (Å²) in [4.78, 5) is 28.3. The van der Waals surface area contributed by atoms with Crippen molar-refractivity contribution in [1.82, 2.24) is 4.98 Å². The Hall–Kier alpha value is -3.58. The van der Waals surface area contributed by atoms with Crippen molar-refractivity contribution in [2.24, 2.45) is 0 Å². The zero-order valence-corrected chi connectivity index (χ0v) is 18.2. The predicted octanol–water partition coefficient (Wildman–Crippen LogP) is 5.52. The molecule has 0 spiro atoms. The number of aromatic amines is 1. The number of carbonyl (C=O) groups excluding carboxylic acids is 1. The standard InChI is InChI=1S/C25H24F2N2O3/c1-5-29(4,16-21-22(25(3,26)27)15-17(2)28-23(21)30)24(31)18-11-13-20(14-12-18)32-19-9-7-6-8-10-19/h5-15H,1,16H2,2-4H3/p+1. The average Bonchev–Trinajstić information content (AvgIpc) is 2.75. The third kappa shape index (κ3) is 5.00. The number of amides is 1. The molecule has 5 nitrogen and oxygen atoms in total. The minimum atomic E-state index is -3.24. The number of para-hydroxylation sites is 1. The number of quaternary nitrogens is 1. The van der Waals surface area contributed by atoms with Gasteiger partial charge in [0, 0.05) is 18.2 Å². The molecule has 0 aliphatic rings. The molecule has 1 atom stereocenters. The number of alkyl halides is 2. The highest BCUT2D eigenvalue weighted by atomic mass is 19.3. The number of carbonyl (C=O) groups is 1. The van der Waals surface area contributed by atoms with Gasteiger partial charge in [0.15, 0.2) is 0 Å². The normalized spacial score (nSPS) is 13.3. The van der Waals surface area contributed by atoms with Crippen molar-refractivity contribution in [2.45, 2.75) is 26.3 Å². The summed E-state index contributed by atoms with van der Waals surface area (Å²) in [6.07, 6.45) is 1.34. The summed E-state index contributed by atoms with van der Waals surface area (Å²) in [6, 6.07) is 16.9. The summed E-state index contributed by atoms with van der Waals surface area (Å²) >= 11 is 0. The van der Waals surface area contributed by atoms with Gasteiger partial charge in [0.2, 0.25) is 0 Å². The highest BCUT2D eigenvalue weighted by Gasteiger charge is 2.37. The van der Waals surface area contributed by atoms with E-state index in [-0.39, 0.29) is 12.1 Å². The molecule has 1 N–H and O–H groups in total. The molecular weight excluding hydrogens is 414 g/mol. The van der Waals surface area contributed by atoms with E-state index in [0.29, 0.717) is 22.8 Å². The van der Waals surface area contributed by atoms with Gasteiger partial charge in [-0.3, -0.25) is 4.79 Å². The van der Waals surface area contributed by atoms with Crippen LogP contribution in [0.1, 0.15) is 34.1 Å². The fourth-order valence-electron chi connectivity index (χ4n) is 3.40. The summed E-state index contributed by atoms with van der Waals surface area (Å²) in [7, 11) is 1.53. The van der Waals surface area contributed by atoms with Gasteiger partial charge in [0.1, 0.15) is 18.0 Å². The summed E-state index contributed by atoms with van der Waals surface area (Å²) in [5.74, 6) is -2.43.